The van der Waals surface area contributed by atoms with Gasteiger partial charge in [0.1, 0.15) is 5.75 Å². The smallest absolute Gasteiger partial charge is 0.319 e. The van der Waals surface area contributed by atoms with Gasteiger partial charge in [-0.1, -0.05) is 70.1 Å². The van der Waals surface area contributed by atoms with Crippen LogP contribution in [0.2, 0.25) is 0 Å². The average Bonchev–Trinajstić information content (AvgIpc) is 2.78. The number of benzene rings is 2. The van der Waals surface area contributed by atoms with Crippen molar-refractivity contribution in [3.8, 4) is 5.75 Å². The highest BCUT2D eigenvalue weighted by Crippen LogP contribution is 2.21. The van der Waals surface area contributed by atoms with Crippen molar-refractivity contribution in [2.45, 2.75) is 70.1 Å². The van der Waals surface area contributed by atoms with Gasteiger partial charge in [0.25, 0.3) is 0 Å². The molecular weight excluding hydrogens is 404 g/mol. The zero-order valence-electron chi connectivity index (χ0n) is 19.1. The van der Waals surface area contributed by atoms with E-state index in [-0.39, 0.29) is 6.03 Å². The number of thioether (sulfide) groups is 1. The van der Waals surface area contributed by atoms with Crippen molar-refractivity contribution < 1.29 is 9.53 Å². The molecule has 0 fully saturated rings. The predicted octanol–water partition coefficient (Wildman–Crippen LogP) is 7.43. The number of nitrogens with one attached hydrogen (secondary N) is 2. The number of hydrogen-bond donors (Lipinski definition) is 2. The van der Waals surface area contributed by atoms with Crippen LogP contribution in [0.1, 0.15) is 63.9 Å². The molecule has 0 aliphatic rings. The standard InChI is InChI=1S/C26H38N2O2S/c1-3-4-5-6-7-8-9-12-20-30-24-17-15-23(16-18-24)28-26(29)27-19-21-31-25-14-11-10-13-22(25)2/h10-11,13-18H,3-9,12,19-21H2,1-2H3,(H2,27,28,29). The Labute approximate surface area is 192 Å². The first-order chi connectivity index (χ1) is 15.2. The van der Waals surface area contributed by atoms with Gasteiger partial charge < -0.3 is 15.4 Å². The van der Waals surface area contributed by atoms with Gasteiger partial charge in [-0.15, -0.1) is 11.8 Å². The molecule has 0 unspecified atom stereocenters. The summed E-state index contributed by atoms with van der Waals surface area (Å²) in [5, 5.41) is 5.77. The predicted molar refractivity (Wildman–Crippen MR) is 133 cm³/mol. The van der Waals surface area contributed by atoms with Crippen molar-refractivity contribution >= 4 is 23.5 Å². The molecule has 170 valence electrons. The second-order valence-corrected chi connectivity index (χ2v) is 8.98. The third-order valence-electron chi connectivity index (χ3n) is 5.12. The van der Waals surface area contributed by atoms with E-state index in [1.165, 1.54) is 55.4 Å². The minimum Gasteiger partial charge on any atom is -0.494 e. The maximum absolute atomic E-state index is 12.1. The normalized spacial score (nSPS) is 10.6. The van der Waals surface area contributed by atoms with Gasteiger partial charge in [0.2, 0.25) is 0 Å². The monoisotopic (exact) mass is 442 g/mol. The van der Waals surface area contributed by atoms with Crippen LogP contribution in [-0.4, -0.2) is 24.9 Å². The van der Waals surface area contributed by atoms with Crippen LogP contribution in [0, 0.1) is 6.92 Å². The third-order valence-corrected chi connectivity index (χ3v) is 6.29. The molecule has 2 rings (SSSR count). The number of aryl methyl sites for hydroxylation is 1. The van der Waals surface area contributed by atoms with Crippen molar-refractivity contribution in [3.63, 3.8) is 0 Å². The molecule has 2 N–H and O–H groups in total. The van der Waals surface area contributed by atoms with Crippen LogP contribution in [0.15, 0.2) is 53.4 Å². The summed E-state index contributed by atoms with van der Waals surface area (Å²) in [6.07, 6.45) is 10.4. The Bertz CT molecular complexity index is 749. The molecule has 0 heterocycles. The molecular formula is C26H38N2O2S. The van der Waals surface area contributed by atoms with Crippen molar-refractivity contribution in [1.82, 2.24) is 5.32 Å². The third kappa shape index (κ3) is 11.2. The molecule has 2 aromatic rings. The molecule has 0 saturated heterocycles. The Balaban J connectivity index is 1.53. The quantitative estimate of drug-likeness (QED) is 0.223. The molecule has 0 aliphatic carbocycles. The van der Waals surface area contributed by atoms with E-state index in [4.69, 9.17) is 4.74 Å². The molecule has 0 aliphatic heterocycles. The Morgan fingerprint density at radius 1 is 0.903 bits per heavy atom. The van der Waals surface area contributed by atoms with Crippen molar-refractivity contribution in [1.29, 1.82) is 0 Å². The lowest BCUT2D eigenvalue weighted by Crippen LogP contribution is -2.30. The SMILES string of the molecule is CCCCCCCCCCOc1ccc(NC(=O)NCCSc2ccccc2C)cc1. The van der Waals surface area contributed by atoms with E-state index >= 15 is 0 Å². The van der Waals surface area contributed by atoms with E-state index in [0.717, 1.165) is 30.2 Å². The van der Waals surface area contributed by atoms with Crippen LogP contribution >= 0.6 is 11.8 Å². The Hall–Kier alpha value is -2.14. The Kier molecular flexibility index (Phi) is 12.7. The van der Waals surface area contributed by atoms with Crippen LogP contribution in [-0.2, 0) is 0 Å². The molecule has 0 atom stereocenters. The summed E-state index contributed by atoms with van der Waals surface area (Å²) in [5.41, 5.74) is 2.03. The van der Waals surface area contributed by atoms with Gasteiger partial charge in [-0.2, -0.15) is 0 Å². The summed E-state index contributed by atoms with van der Waals surface area (Å²) in [6, 6.07) is 15.7. The van der Waals surface area contributed by atoms with Crippen LogP contribution in [0.5, 0.6) is 5.75 Å². The second kappa shape index (κ2) is 15.6. The minimum atomic E-state index is -0.182. The number of amides is 2. The lowest BCUT2D eigenvalue weighted by atomic mass is 10.1. The molecule has 0 radical (unpaired) electrons. The number of unbranched alkanes of at least 4 members (excludes halogenated alkanes) is 7. The van der Waals surface area contributed by atoms with E-state index in [1.54, 1.807) is 11.8 Å². The van der Waals surface area contributed by atoms with E-state index < -0.39 is 0 Å². The van der Waals surface area contributed by atoms with Gasteiger partial charge >= 0.3 is 6.03 Å². The highest BCUT2D eigenvalue weighted by molar-refractivity contribution is 7.99. The number of urea groups is 1. The first-order valence-electron chi connectivity index (χ1n) is 11.6. The zero-order chi connectivity index (χ0) is 22.2. The molecule has 2 aromatic carbocycles. The Morgan fingerprint density at radius 3 is 2.29 bits per heavy atom. The molecule has 0 aromatic heterocycles. The number of hydrogen-bond acceptors (Lipinski definition) is 3. The minimum absolute atomic E-state index is 0.182. The van der Waals surface area contributed by atoms with Crippen molar-refractivity contribution in [3.05, 3.63) is 54.1 Å². The van der Waals surface area contributed by atoms with Crippen LogP contribution in [0.25, 0.3) is 0 Å². The van der Waals surface area contributed by atoms with Gasteiger partial charge in [0.15, 0.2) is 0 Å². The van der Waals surface area contributed by atoms with Gasteiger partial charge in [-0.25, -0.2) is 4.79 Å². The fourth-order valence-electron chi connectivity index (χ4n) is 3.28. The average molecular weight is 443 g/mol. The lowest BCUT2D eigenvalue weighted by molar-refractivity contribution is 0.252. The second-order valence-electron chi connectivity index (χ2n) is 7.84. The fourth-order valence-corrected chi connectivity index (χ4v) is 4.17. The number of carbonyl (C=O) groups excluding carboxylic acids is 1. The van der Waals surface area contributed by atoms with Crippen molar-refractivity contribution in [2.75, 3.05) is 24.2 Å². The van der Waals surface area contributed by atoms with Gasteiger partial charge in [-0.3, -0.25) is 0 Å². The maximum atomic E-state index is 12.1. The number of ether oxygens (including phenoxy) is 1. The summed E-state index contributed by atoms with van der Waals surface area (Å²) in [7, 11) is 0. The molecule has 0 bridgehead atoms. The number of carbonyl (C=O) groups is 1. The van der Waals surface area contributed by atoms with E-state index in [0.29, 0.717) is 6.54 Å². The highest BCUT2D eigenvalue weighted by atomic mass is 32.2. The largest absolute Gasteiger partial charge is 0.494 e. The molecule has 0 spiro atoms. The van der Waals surface area contributed by atoms with E-state index in [1.807, 2.05) is 36.4 Å². The summed E-state index contributed by atoms with van der Waals surface area (Å²) in [6.45, 7) is 5.72. The number of anilines is 1. The van der Waals surface area contributed by atoms with Gasteiger partial charge in [0.05, 0.1) is 6.61 Å². The zero-order valence-corrected chi connectivity index (χ0v) is 19.9. The van der Waals surface area contributed by atoms with Crippen LogP contribution in [0.3, 0.4) is 0 Å². The molecule has 2 amide bonds. The summed E-state index contributed by atoms with van der Waals surface area (Å²) >= 11 is 1.75. The van der Waals surface area contributed by atoms with E-state index in [9.17, 15) is 4.79 Å². The fraction of sp³-hybridized carbons (Fsp3) is 0.500. The molecule has 31 heavy (non-hydrogen) atoms. The summed E-state index contributed by atoms with van der Waals surface area (Å²) in [4.78, 5) is 13.3. The van der Waals surface area contributed by atoms with Crippen LogP contribution in [0.4, 0.5) is 10.5 Å². The van der Waals surface area contributed by atoms with Gasteiger partial charge in [-0.05, 0) is 49.2 Å². The molecule has 5 heteroatoms. The first-order valence-corrected chi connectivity index (χ1v) is 12.6. The maximum Gasteiger partial charge on any atom is 0.319 e. The van der Waals surface area contributed by atoms with Gasteiger partial charge in [0, 0.05) is 22.9 Å². The van der Waals surface area contributed by atoms with Crippen LogP contribution < -0.4 is 15.4 Å². The van der Waals surface area contributed by atoms with Crippen molar-refractivity contribution in [2.24, 2.45) is 0 Å². The Morgan fingerprint density at radius 2 is 1.58 bits per heavy atom. The first kappa shape index (κ1) is 25.1. The number of rotatable bonds is 15. The highest BCUT2D eigenvalue weighted by Gasteiger charge is 2.03. The molecule has 0 saturated carbocycles. The lowest BCUT2D eigenvalue weighted by Gasteiger charge is -2.10. The summed E-state index contributed by atoms with van der Waals surface area (Å²) in [5.74, 6) is 1.69. The summed E-state index contributed by atoms with van der Waals surface area (Å²) < 4.78 is 5.81. The molecule has 4 nitrogen and oxygen atoms in total. The van der Waals surface area contributed by atoms with E-state index in [2.05, 4.69) is 36.6 Å². The topological polar surface area (TPSA) is 50.4 Å².